The second-order valence-corrected chi connectivity index (χ2v) is 9.37. The van der Waals surface area contributed by atoms with E-state index in [1.165, 1.54) is 5.69 Å². The third-order valence-electron chi connectivity index (χ3n) is 6.94. The number of nitrogens with two attached hydrogens (primary N) is 1. The molecule has 0 bridgehead atoms. The predicted molar refractivity (Wildman–Crippen MR) is 143 cm³/mol. The number of hydrogen-bond donors (Lipinski definition) is 2. The minimum atomic E-state index is 0.260. The van der Waals surface area contributed by atoms with E-state index in [2.05, 4.69) is 44.5 Å². The van der Waals surface area contributed by atoms with Crippen LogP contribution >= 0.6 is 0 Å². The van der Waals surface area contributed by atoms with Crippen LogP contribution < -0.4 is 16.0 Å². The molecule has 7 heteroatoms. The van der Waals surface area contributed by atoms with Gasteiger partial charge in [0.25, 0.3) is 0 Å². The number of carbonyl (C=O) groups is 1. The van der Waals surface area contributed by atoms with E-state index in [-0.39, 0.29) is 6.04 Å². The lowest BCUT2D eigenvalue weighted by atomic mass is 9.94. The van der Waals surface area contributed by atoms with Crippen LogP contribution in [-0.4, -0.2) is 47.1 Å². The molecule has 0 amide bonds. The van der Waals surface area contributed by atoms with Crippen LogP contribution in [0.3, 0.4) is 0 Å². The molecule has 0 atom stereocenters. The summed E-state index contributed by atoms with van der Waals surface area (Å²) >= 11 is 0. The summed E-state index contributed by atoms with van der Waals surface area (Å²) < 4.78 is 0. The minimum absolute atomic E-state index is 0.260. The zero-order valence-corrected chi connectivity index (χ0v) is 19.9. The summed E-state index contributed by atoms with van der Waals surface area (Å²) in [6.07, 6.45) is 10.4. The van der Waals surface area contributed by atoms with Crippen molar-refractivity contribution in [2.75, 3.05) is 23.3 Å². The molecule has 1 aromatic heterocycles. The molecule has 0 unspecified atom stereocenters. The van der Waals surface area contributed by atoms with Gasteiger partial charge in [0.15, 0.2) is 0 Å². The van der Waals surface area contributed by atoms with Crippen LogP contribution in [0.1, 0.15) is 44.2 Å². The predicted octanol–water partition coefficient (Wildman–Crippen LogP) is 4.59. The monoisotopic (exact) mass is 468 g/mol. The fraction of sp³-hybridized carbons (Fsp3) is 0.357. The highest BCUT2D eigenvalue weighted by molar-refractivity contribution is 6.09. The number of anilines is 2. The maximum atomic E-state index is 11.5. The van der Waals surface area contributed by atoms with Gasteiger partial charge in [-0.1, -0.05) is 18.2 Å². The zero-order valence-electron chi connectivity index (χ0n) is 19.9. The van der Waals surface area contributed by atoms with E-state index in [0.29, 0.717) is 24.7 Å². The second-order valence-electron chi connectivity index (χ2n) is 9.37. The Morgan fingerprint density at radius 2 is 1.80 bits per heavy atom. The molecule has 1 aliphatic heterocycles. The van der Waals surface area contributed by atoms with Crippen molar-refractivity contribution in [3.8, 4) is 0 Å². The summed E-state index contributed by atoms with van der Waals surface area (Å²) in [4.78, 5) is 27.9. The van der Waals surface area contributed by atoms with E-state index in [4.69, 9.17) is 10.7 Å². The molecule has 3 N–H and O–H groups in total. The normalized spacial score (nSPS) is 18.5. The lowest BCUT2D eigenvalue weighted by Gasteiger charge is -2.32. The molecule has 0 radical (unpaired) electrons. The number of fused-ring (bicyclic) bond motifs is 1. The van der Waals surface area contributed by atoms with Gasteiger partial charge in [-0.2, -0.15) is 0 Å². The number of carbonyl (C=O) groups excluding carboxylic acids is 1. The number of rotatable bonds is 6. The molecule has 1 saturated heterocycles. The molecule has 180 valence electrons. The van der Waals surface area contributed by atoms with Crippen LogP contribution in [0, 0.1) is 0 Å². The Morgan fingerprint density at radius 1 is 1.03 bits per heavy atom. The van der Waals surface area contributed by atoms with Crippen molar-refractivity contribution in [2.24, 2.45) is 10.7 Å². The van der Waals surface area contributed by atoms with Crippen molar-refractivity contribution in [1.29, 1.82) is 0 Å². The molecular formula is C28H32N6O. The van der Waals surface area contributed by atoms with E-state index >= 15 is 0 Å². The van der Waals surface area contributed by atoms with Gasteiger partial charge in [0.1, 0.15) is 5.78 Å². The van der Waals surface area contributed by atoms with Crippen LogP contribution in [-0.2, 0) is 4.79 Å². The molecule has 2 fully saturated rings. The zero-order chi connectivity index (χ0) is 24.0. The van der Waals surface area contributed by atoms with Gasteiger partial charge in [0.2, 0.25) is 0 Å². The number of aromatic nitrogens is 2. The SMILES string of the molecule is NC=C(C=NC1CCN(c2cccc(NC3CCC(=O)CC3)c2)CC1)c1cnc2ccccc2n1. The summed E-state index contributed by atoms with van der Waals surface area (Å²) in [7, 11) is 0. The van der Waals surface area contributed by atoms with E-state index in [0.717, 1.165) is 66.8 Å². The van der Waals surface area contributed by atoms with Crippen LogP contribution in [0.15, 0.2) is 65.9 Å². The number of hydrogen-bond acceptors (Lipinski definition) is 7. The third kappa shape index (κ3) is 5.67. The summed E-state index contributed by atoms with van der Waals surface area (Å²) in [6, 6.07) is 17.1. The average molecular weight is 469 g/mol. The summed E-state index contributed by atoms with van der Waals surface area (Å²) in [5.41, 5.74) is 11.5. The lowest BCUT2D eigenvalue weighted by Crippen LogP contribution is -2.35. The topological polar surface area (TPSA) is 96.5 Å². The first kappa shape index (κ1) is 23.0. The third-order valence-corrected chi connectivity index (χ3v) is 6.94. The maximum absolute atomic E-state index is 11.5. The Kier molecular flexibility index (Phi) is 7.02. The lowest BCUT2D eigenvalue weighted by molar-refractivity contribution is -0.120. The molecule has 2 heterocycles. The largest absolute Gasteiger partial charge is 0.404 e. The highest BCUT2D eigenvalue weighted by atomic mass is 16.1. The van der Waals surface area contributed by atoms with Gasteiger partial charge in [-0.15, -0.1) is 0 Å². The Hall–Kier alpha value is -3.74. The van der Waals surface area contributed by atoms with Gasteiger partial charge in [-0.3, -0.25) is 14.8 Å². The number of aliphatic imine (C=N–C) groups is 1. The number of ketones is 1. The fourth-order valence-electron chi connectivity index (χ4n) is 4.86. The van der Waals surface area contributed by atoms with Gasteiger partial charge < -0.3 is 16.0 Å². The van der Waals surface area contributed by atoms with E-state index < -0.39 is 0 Å². The molecular weight excluding hydrogens is 436 g/mol. The molecule has 2 aliphatic rings. The number of allylic oxidation sites excluding steroid dienone is 1. The van der Waals surface area contributed by atoms with Crippen molar-refractivity contribution in [3.63, 3.8) is 0 Å². The summed E-state index contributed by atoms with van der Waals surface area (Å²) in [5.74, 6) is 0.390. The molecule has 1 aliphatic carbocycles. The first-order valence-electron chi connectivity index (χ1n) is 12.5. The highest BCUT2D eigenvalue weighted by Crippen LogP contribution is 2.26. The first-order chi connectivity index (χ1) is 17.2. The smallest absolute Gasteiger partial charge is 0.133 e. The van der Waals surface area contributed by atoms with E-state index in [9.17, 15) is 4.79 Å². The number of para-hydroxylation sites is 2. The van der Waals surface area contributed by atoms with E-state index in [1.807, 2.05) is 30.5 Å². The molecule has 5 rings (SSSR count). The van der Waals surface area contributed by atoms with Crippen molar-refractivity contribution in [2.45, 2.75) is 50.6 Å². The molecule has 1 saturated carbocycles. The van der Waals surface area contributed by atoms with Crippen LogP contribution in [0.2, 0.25) is 0 Å². The fourth-order valence-corrected chi connectivity index (χ4v) is 4.86. The number of benzene rings is 2. The first-order valence-corrected chi connectivity index (χ1v) is 12.5. The Bertz CT molecular complexity index is 1230. The highest BCUT2D eigenvalue weighted by Gasteiger charge is 2.21. The average Bonchev–Trinajstić information content (AvgIpc) is 2.91. The maximum Gasteiger partial charge on any atom is 0.133 e. The molecule has 2 aromatic carbocycles. The van der Waals surface area contributed by atoms with Crippen LogP contribution in [0.25, 0.3) is 16.6 Å². The van der Waals surface area contributed by atoms with Gasteiger partial charge >= 0.3 is 0 Å². The van der Waals surface area contributed by atoms with Crippen LogP contribution in [0.5, 0.6) is 0 Å². The van der Waals surface area contributed by atoms with Gasteiger partial charge in [-0.25, -0.2) is 4.98 Å². The van der Waals surface area contributed by atoms with Gasteiger partial charge in [0, 0.05) is 61.3 Å². The van der Waals surface area contributed by atoms with Crippen molar-refractivity contribution < 1.29 is 4.79 Å². The second kappa shape index (κ2) is 10.7. The van der Waals surface area contributed by atoms with E-state index in [1.54, 1.807) is 12.4 Å². The minimum Gasteiger partial charge on any atom is -0.404 e. The number of piperidine rings is 1. The summed E-state index contributed by atoms with van der Waals surface area (Å²) in [6.45, 7) is 1.92. The Balaban J connectivity index is 1.17. The van der Waals surface area contributed by atoms with Gasteiger partial charge in [-0.05, 0) is 56.0 Å². The standard InChI is InChI=1S/C28H32N6O/c29-17-20(28-19-31-26-6-1-2-7-27(26)33-28)18-30-21-12-14-34(15-13-21)24-5-3-4-23(16-24)32-22-8-10-25(35)11-9-22/h1-7,16-19,21-22,32H,8-15,29H2. The molecule has 35 heavy (non-hydrogen) atoms. The van der Waals surface area contributed by atoms with Crippen molar-refractivity contribution in [1.82, 2.24) is 9.97 Å². The molecule has 7 nitrogen and oxygen atoms in total. The number of nitrogens with zero attached hydrogens (tertiary/aromatic N) is 4. The van der Waals surface area contributed by atoms with Crippen LogP contribution in [0.4, 0.5) is 11.4 Å². The Morgan fingerprint density at radius 3 is 2.57 bits per heavy atom. The quantitative estimate of drug-likeness (QED) is 0.514. The van der Waals surface area contributed by atoms with Gasteiger partial charge in [0.05, 0.1) is 29.0 Å². The van der Waals surface area contributed by atoms with Crippen molar-refractivity contribution in [3.05, 3.63) is 66.6 Å². The molecule has 0 spiro atoms. The van der Waals surface area contributed by atoms with Crippen molar-refractivity contribution >= 4 is 40.0 Å². The Labute approximate surface area is 206 Å². The number of Topliss-reactive ketones (excluding diaryl/α,β-unsaturated/α-hetero) is 1. The molecule has 3 aromatic rings. The summed E-state index contributed by atoms with van der Waals surface area (Å²) in [5, 5.41) is 3.62. The number of nitrogens with one attached hydrogen (secondary N) is 1.